The summed E-state index contributed by atoms with van der Waals surface area (Å²) in [5, 5.41) is 13.6. The van der Waals surface area contributed by atoms with Crippen LogP contribution >= 0.6 is 15.9 Å². The van der Waals surface area contributed by atoms with Gasteiger partial charge in [-0.05, 0) is 31.2 Å². The van der Waals surface area contributed by atoms with Crippen LogP contribution in [0, 0.1) is 17.8 Å². The number of amides is 3. The number of ether oxygens (including phenoxy) is 3. The van der Waals surface area contributed by atoms with Crippen molar-refractivity contribution in [3.05, 3.63) is 61.2 Å². The lowest BCUT2D eigenvalue weighted by atomic mass is 9.70. The number of alkyl halides is 1. The van der Waals surface area contributed by atoms with Crippen molar-refractivity contribution in [2.45, 2.75) is 80.8 Å². The summed E-state index contributed by atoms with van der Waals surface area (Å²) < 4.78 is 18.5. The predicted octanol–water partition coefficient (Wildman–Crippen LogP) is 2.85. The minimum Gasteiger partial charge on any atom is -0.455 e. The van der Waals surface area contributed by atoms with E-state index in [1.54, 1.807) is 24.0 Å². The third-order valence-electron chi connectivity index (χ3n) is 10.8. The van der Waals surface area contributed by atoms with E-state index in [9.17, 15) is 24.3 Å². The van der Waals surface area contributed by atoms with Crippen LogP contribution in [0.1, 0.15) is 51.7 Å². The lowest BCUT2D eigenvalue weighted by Gasteiger charge is -2.41. The number of rotatable bonds is 17. The number of allylic oxidation sites excluding steroid dienone is 1. The number of likely N-dealkylation sites (tertiary alicyclic amines) is 1. The number of carbonyl (C=O) groups excluding carboxylic acids is 4. The smallest absolute Gasteiger partial charge is 0.313 e. The van der Waals surface area contributed by atoms with Gasteiger partial charge >= 0.3 is 5.97 Å². The average molecular weight is 774 g/mol. The molecule has 1 aromatic carbocycles. The molecule has 5 rings (SSSR count). The van der Waals surface area contributed by atoms with Gasteiger partial charge in [0.1, 0.15) is 17.7 Å². The normalized spacial score (nSPS) is 28.9. The van der Waals surface area contributed by atoms with Crippen LogP contribution in [0.3, 0.4) is 0 Å². The molecule has 0 saturated carbocycles. The Kier molecular flexibility index (Phi) is 13.2. The second-order valence-corrected chi connectivity index (χ2v) is 15.6. The highest BCUT2D eigenvalue weighted by Gasteiger charge is 2.77. The molecule has 2 N–H and O–H groups in total. The first kappa shape index (κ1) is 39.1. The van der Waals surface area contributed by atoms with Crippen LogP contribution < -0.4 is 5.32 Å². The predicted molar refractivity (Wildman–Crippen MR) is 195 cm³/mol. The number of nitrogens with one attached hydrogen (secondary N) is 1. The van der Waals surface area contributed by atoms with Crippen molar-refractivity contribution in [2.75, 3.05) is 52.5 Å². The molecule has 4 aliphatic heterocycles. The summed E-state index contributed by atoms with van der Waals surface area (Å²) in [6.07, 6.45) is 2.82. The number of hydrogen-bond donors (Lipinski definition) is 2. The highest BCUT2D eigenvalue weighted by atomic mass is 79.9. The van der Waals surface area contributed by atoms with Crippen LogP contribution in [-0.4, -0.2) is 131 Å². The fourth-order valence-corrected chi connectivity index (χ4v) is 9.18. The molecule has 2 bridgehead atoms. The zero-order valence-electron chi connectivity index (χ0n) is 30.0. The van der Waals surface area contributed by atoms with Crippen molar-refractivity contribution < 1.29 is 38.5 Å². The van der Waals surface area contributed by atoms with Crippen molar-refractivity contribution in [3.63, 3.8) is 0 Å². The van der Waals surface area contributed by atoms with E-state index in [2.05, 4.69) is 39.3 Å². The summed E-state index contributed by atoms with van der Waals surface area (Å²) in [5.74, 6) is -3.78. The summed E-state index contributed by atoms with van der Waals surface area (Å²) in [6.45, 7) is 16.9. The van der Waals surface area contributed by atoms with Crippen LogP contribution in [0.2, 0.25) is 0 Å². The summed E-state index contributed by atoms with van der Waals surface area (Å²) in [6, 6.07) is 6.81. The quantitative estimate of drug-likeness (QED) is 0.139. The molecule has 1 aromatic rings. The van der Waals surface area contributed by atoms with Crippen molar-refractivity contribution in [3.8, 4) is 0 Å². The molecule has 12 nitrogen and oxygen atoms in total. The Morgan fingerprint density at radius 3 is 2.49 bits per heavy atom. The number of carbonyl (C=O) groups is 4. The molecule has 9 atom stereocenters. The van der Waals surface area contributed by atoms with E-state index in [4.69, 9.17) is 14.2 Å². The topological polar surface area (TPSA) is 138 Å². The molecule has 0 aliphatic carbocycles. The van der Waals surface area contributed by atoms with Crippen LogP contribution in [-0.2, 0) is 33.4 Å². The van der Waals surface area contributed by atoms with Gasteiger partial charge in [0.2, 0.25) is 17.7 Å². The Morgan fingerprint density at radius 2 is 1.86 bits per heavy atom. The SMILES string of the molecule is C=CCCC(=O)N[C@H](C)[C@@H](OC(=O)[C@H]1[C@@H]2O[C@@]3(CC2Br)[C@@H]1C(=O)N([C@@H](CO)C(C)C)[C@@H]3C(=O)N(CC=C)CCN1CCOCC1)c1ccccc1. The number of hydrogen-bond acceptors (Lipinski definition) is 9. The number of benzene rings is 1. The van der Waals surface area contributed by atoms with Crippen molar-refractivity contribution in [1.29, 1.82) is 0 Å². The van der Waals surface area contributed by atoms with Gasteiger partial charge in [-0.25, -0.2) is 0 Å². The van der Waals surface area contributed by atoms with E-state index in [-0.39, 0.29) is 42.1 Å². The van der Waals surface area contributed by atoms with Gasteiger partial charge in [-0.15, -0.1) is 13.2 Å². The van der Waals surface area contributed by atoms with Crippen molar-refractivity contribution in [2.24, 2.45) is 17.8 Å². The Morgan fingerprint density at radius 1 is 1.16 bits per heavy atom. The minimum atomic E-state index is -1.33. The Hall–Kier alpha value is -3.10. The van der Waals surface area contributed by atoms with Gasteiger partial charge in [0.25, 0.3) is 0 Å². The van der Waals surface area contributed by atoms with E-state index >= 15 is 0 Å². The van der Waals surface area contributed by atoms with E-state index in [1.165, 1.54) is 4.90 Å². The van der Waals surface area contributed by atoms with Gasteiger partial charge in [0.15, 0.2) is 0 Å². The van der Waals surface area contributed by atoms with Gasteiger partial charge in [-0.3, -0.25) is 24.1 Å². The second kappa shape index (κ2) is 17.2. The van der Waals surface area contributed by atoms with Gasteiger partial charge in [-0.2, -0.15) is 0 Å². The molecule has 4 fully saturated rings. The Bertz CT molecular complexity index is 1420. The fourth-order valence-electron chi connectivity index (χ4n) is 8.24. The maximum atomic E-state index is 14.8. The number of halogens is 1. The first-order valence-corrected chi connectivity index (χ1v) is 19.0. The molecule has 51 heavy (non-hydrogen) atoms. The monoisotopic (exact) mass is 772 g/mol. The number of morpholine rings is 1. The van der Waals surface area contributed by atoms with E-state index in [0.29, 0.717) is 44.7 Å². The maximum absolute atomic E-state index is 14.8. The Balaban J connectivity index is 1.48. The molecule has 0 radical (unpaired) electrons. The molecule has 1 spiro atoms. The first-order chi connectivity index (χ1) is 24.5. The van der Waals surface area contributed by atoms with Crippen LogP contribution in [0.4, 0.5) is 0 Å². The van der Waals surface area contributed by atoms with Gasteiger partial charge in [0.05, 0.1) is 49.8 Å². The fraction of sp³-hybridized carbons (Fsp3) is 0.632. The molecule has 13 heteroatoms. The molecule has 280 valence electrons. The van der Waals surface area contributed by atoms with E-state index < -0.39 is 59.6 Å². The molecular formula is C38H53BrN4O8. The molecule has 0 aromatic heterocycles. The molecular weight excluding hydrogens is 720 g/mol. The molecule has 4 aliphatic rings. The Labute approximate surface area is 309 Å². The maximum Gasteiger partial charge on any atom is 0.313 e. The summed E-state index contributed by atoms with van der Waals surface area (Å²) >= 11 is 3.75. The molecule has 1 unspecified atom stereocenters. The third-order valence-corrected chi connectivity index (χ3v) is 11.6. The molecule has 4 saturated heterocycles. The van der Waals surface area contributed by atoms with Crippen LogP contribution in [0.15, 0.2) is 55.6 Å². The van der Waals surface area contributed by atoms with Gasteiger partial charge in [0, 0.05) is 44.0 Å². The number of aliphatic hydroxyl groups excluding tert-OH is 1. The first-order valence-electron chi connectivity index (χ1n) is 18.1. The van der Waals surface area contributed by atoms with Crippen LogP contribution in [0.5, 0.6) is 0 Å². The average Bonchev–Trinajstić information content (AvgIpc) is 3.72. The third kappa shape index (κ3) is 7.97. The van der Waals surface area contributed by atoms with Gasteiger partial charge < -0.3 is 34.4 Å². The van der Waals surface area contributed by atoms with Crippen molar-refractivity contribution >= 4 is 39.6 Å². The minimum absolute atomic E-state index is 0.193. The summed E-state index contributed by atoms with van der Waals surface area (Å²) in [4.78, 5) is 61.9. The second-order valence-electron chi connectivity index (χ2n) is 14.4. The van der Waals surface area contributed by atoms with E-state index in [0.717, 1.165) is 13.1 Å². The number of fused-ring (bicyclic) bond motifs is 1. The summed E-state index contributed by atoms with van der Waals surface area (Å²) in [5.41, 5.74) is -0.645. The van der Waals surface area contributed by atoms with Gasteiger partial charge in [-0.1, -0.05) is 72.3 Å². The van der Waals surface area contributed by atoms with E-state index in [1.807, 2.05) is 44.2 Å². The zero-order valence-corrected chi connectivity index (χ0v) is 31.5. The summed E-state index contributed by atoms with van der Waals surface area (Å²) in [7, 11) is 0. The van der Waals surface area contributed by atoms with Crippen LogP contribution in [0.25, 0.3) is 0 Å². The lowest BCUT2D eigenvalue weighted by molar-refractivity contribution is -0.162. The largest absolute Gasteiger partial charge is 0.455 e. The number of nitrogens with zero attached hydrogens (tertiary/aromatic N) is 3. The highest BCUT2D eigenvalue weighted by molar-refractivity contribution is 9.09. The lowest BCUT2D eigenvalue weighted by Crippen LogP contribution is -2.60. The molecule has 4 heterocycles. The van der Waals surface area contributed by atoms with Crippen molar-refractivity contribution in [1.82, 2.24) is 20.0 Å². The number of aliphatic hydroxyl groups is 1. The standard InChI is InChI=1S/C38H53BrN4O8/c1-6-8-14-29(45)40-25(5)32(26-12-10-9-11-13-26)50-37(48)30-31-35(46)43(28(23-44)24(3)4)34(38(31)22-27(39)33(30)51-38)36(47)42(15-7-2)17-16-41-18-20-49-21-19-41/h6-7,9-13,24-25,27-28,30-34,44H,1-2,8,14-23H2,3-5H3,(H,40,45)/t25-,27?,28+,30-,31+,32-,33-,34-,38+/m1/s1. The number of esters is 1. The zero-order chi connectivity index (χ0) is 36.9. The highest BCUT2D eigenvalue weighted by Crippen LogP contribution is 2.61. The molecule has 3 amide bonds.